The molecule has 0 aromatic heterocycles. The molecule has 1 aliphatic rings. The van der Waals surface area contributed by atoms with E-state index in [1.807, 2.05) is 0 Å². The lowest BCUT2D eigenvalue weighted by atomic mass is 10.1. The Morgan fingerprint density at radius 3 is 2.59 bits per heavy atom. The van der Waals surface area contributed by atoms with Gasteiger partial charge in [0, 0.05) is 11.6 Å². The average Bonchev–Trinajstić information content (AvgIpc) is 3.28. The summed E-state index contributed by atoms with van der Waals surface area (Å²) in [5.41, 5.74) is 0.502. The maximum atomic E-state index is 12.4. The summed E-state index contributed by atoms with van der Waals surface area (Å²) in [5, 5.41) is 8.91. The molecule has 1 unspecified atom stereocenters. The molecule has 118 valence electrons. The van der Waals surface area contributed by atoms with Crippen LogP contribution in [0.3, 0.4) is 0 Å². The summed E-state index contributed by atoms with van der Waals surface area (Å²) < 4.78 is 5.57. The van der Waals surface area contributed by atoms with Crippen LogP contribution in [0.1, 0.15) is 37.0 Å². The summed E-state index contributed by atoms with van der Waals surface area (Å²) in [6.07, 6.45) is 0.846. The van der Waals surface area contributed by atoms with Crippen LogP contribution in [0.4, 0.5) is 0 Å². The number of benzene rings is 1. The Labute approximate surface area is 128 Å². The summed E-state index contributed by atoms with van der Waals surface area (Å²) in [6.45, 7) is 2.72. The minimum atomic E-state index is -1.04. The molecule has 0 heterocycles. The second-order valence-electron chi connectivity index (χ2n) is 5.44. The molecule has 1 aromatic rings. The van der Waals surface area contributed by atoms with Crippen LogP contribution in [0.2, 0.25) is 0 Å². The molecular weight excluding hydrogens is 286 g/mol. The highest BCUT2D eigenvalue weighted by Crippen LogP contribution is 2.27. The van der Waals surface area contributed by atoms with Crippen LogP contribution in [0.25, 0.3) is 0 Å². The molecule has 0 spiro atoms. The number of aliphatic carboxylic acids is 1. The number of ether oxygens (including phenoxy) is 1. The fraction of sp³-hybridized carbons (Fsp3) is 0.438. The van der Waals surface area contributed by atoms with Crippen LogP contribution >= 0.6 is 0 Å². The van der Waals surface area contributed by atoms with Crippen molar-refractivity contribution < 1.29 is 24.2 Å². The van der Waals surface area contributed by atoms with Gasteiger partial charge in [0.1, 0.15) is 12.3 Å². The first kappa shape index (κ1) is 16.0. The lowest BCUT2D eigenvalue weighted by Gasteiger charge is -2.24. The van der Waals surface area contributed by atoms with Crippen LogP contribution in [0.15, 0.2) is 24.3 Å². The van der Waals surface area contributed by atoms with Crippen molar-refractivity contribution in [3.63, 3.8) is 0 Å². The standard InChI is InChI=1S/C16H19NO5/c1-10(18)12-4-3-5-14(8-12)22-11(2)16(21)17(9-15(19)20)13-6-7-13/h3-5,8,11,13H,6-7,9H2,1-2H3,(H,19,20). The molecule has 0 radical (unpaired) electrons. The zero-order valence-electron chi connectivity index (χ0n) is 12.6. The smallest absolute Gasteiger partial charge is 0.323 e. The first-order valence-corrected chi connectivity index (χ1v) is 7.18. The molecular formula is C16H19NO5. The highest BCUT2D eigenvalue weighted by Gasteiger charge is 2.36. The number of rotatable bonds is 7. The Kier molecular flexibility index (Phi) is 4.80. The van der Waals surface area contributed by atoms with E-state index in [0.717, 1.165) is 12.8 Å². The number of carbonyl (C=O) groups excluding carboxylic acids is 2. The number of hydrogen-bond donors (Lipinski definition) is 1. The van der Waals surface area contributed by atoms with Crippen molar-refractivity contribution in [2.75, 3.05) is 6.54 Å². The average molecular weight is 305 g/mol. The van der Waals surface area contributed by atoms with Crippen LogP contribution < -0.4 is 4.74 Å². The largest absolute Gasteiger partial charge is 0.481 e. The first-order valence-electron chi connectivity index (χ1n) is 7.18. The molecule has 0 aliphatic heterocycles. The van der Waals surface area contributed by atoms with Gasteiger partial charge in [0.25, 0.3) is 5.91 Å². The van der Waals surface area contributed by atoms with Crippen molar-refractivity contribution in [3.8, 4) is 5.75 Å². The second-order valence-corrected chi connectivity index (χ2v) is 5.44. The number of nitrogens with zero attached hydrogens (tertiary/aromatic N) is 1. The summed E-state index contributed by atoms with van der Waals surface area (Å²) in [6, 6.07) is 6.58. The van der Waals surface area contributed by atoms with E-state index < -0.39 is 12.1 Å². The molecule has 22 heavy (non-hydrogen) atoms. The van der Waals surface area contributed by atoms with E-state index in [9.17, 15) is 14.4 Å². The number of carboxylic acid groups (broad SMARTS) is 1. The topological polar surface area (TPSA) is 83.9 Å². The van der Waals surface area contributed by atoms with Gasteiger partial charge in [-0.3, -0.25) is 14.4 Å². The Balaban J connectivity index is 2.05. The van der Waals surface area contributed by atoms with Gasteiger partial charge < -0.3 is 14.7 Å². The Morgan fingerprint density at radius 1 is 1.36 bits per heavy atom. The Morgan fingerprint density at radius 2 is 2.05 bits per heavy atom. The van der Waals surface area contributed by atoms with E-state index in [-0.39, 0.29) is 24.3 Å². The zero-order chi connectivity index (χ0) is 16.3. The van der Waals surface area contributed by atoms with Crippen LogP contribution in [-0.2, 0) is 9.59 Å². The van der Waals surface area contributed by atoms with Crippen LogP contribution in [0, 0.1) is 0 Å². The SMILES string of the molecule is CC(=O)c1cccc(OC(C)C(=O)N(CC(=O)O)C2CC2)c1. The van der Waals surface area contributed by atoms with Crippen molar-refractivity contribution in [2.45, 2.75) is 38.8 Å². The molecule has 2 rings (SSSR count). The highest BCUT2D eigenvalue weighted by atomic mass is 16.5. The molecule has 1 fully saturated rings. The molecule has 6 heteroatoms. The van der Waals surface area contributed by atoms with Gasteiger partial charge in [-0.15, -0.1) is 0 Å². The van der Waals surface area contributed by atoms with Gasteiger partial charge in [0.05, 0.1) is 0 Å². The van der Waals surface area contributed by atoms with E-state index in [1.54, 1.807) is 31.2 Å². The van der Waals surface area contributed by atoms with Crippen molar-refractivity contribution >= 4 is 17.7 Å². The normalized spacial score (nSPS) is 15.0. The third kappa shape index (κ3) is 4.07. The van der Waals surface area contributed by atoms with Crippen molar-refractivity contribution in [1.82, 2.24) is 4.90 Å². The third-order valence-electron chi connectivity index (χ3n) is 3.48. The number of hydrogen-bond acceptors (Lipinski definition) is 4. The maximum Gasteiger partial charge on any atom is 0.323 e. The minimum Gasteiger partial charge on any atom is -0.481 e. The fourth-order valence-corrected chi connectivity index (χ4v) is 2.20. The van der Waals surface area contributed by atoms with Crippen LogP contribution in [-0.4, -0.2) is 46.4 Å². The monoisotopic (exact) mass is 305 g/mol. The summed E-state index contributed by atoms with van der Waals surface area (Å²) in [7, 11) is 0. The molecule has 1 saturated carbocycles. The van der Waals surface area contributed by atoms with Crippen molar-refractivity contribution in [2.24, 2.45) is 0 Å². The number of ketones is 1. The van der Waals surface area contributed by atoms with E-state index in [1.165, 1.54) is 11.8 Å². The molecule has 6 nitrogen and oxygen atoms in total. The Bertz CT molecular complexity index is 594. The zero-order valence-corrected chi connectivity index (χ0v) is 12.6. The van der Waals surface area contributed by atoms with Crippen molar-refractivity contribution in [3.05, 3.63) is 29.8 Å². The lowest BCUT2D eigenvalue weighted by molar-refractivity contribution is -0.148. The van der Waals surface area contributed by atoms with Gasteiger partial charge in [-0.1, -0.05) is 12.1 Å². The number of Topliss-reactive ketones (excluding diaryl/α,β-unsaturated/α-hetero) is 1. The second kappa shape index (κ2) is 6.60. The quantitative estimate of drug-likeness (QED) is 0.776. The molecule has 1 atom stereocenters. The Hall–Kier alpha value is -2.37. The van der Waals surface area contributed by atoms with Gasteiger partial charge in [-0.05, 0) is 38.8 Å². The number of carbonyl (C=O) groups is 3. The van der Waals surface area contributed by atoms with Crippen LogP contribution in [0.5, 0.6) is 5.75 Å². The molecule has 1 aliphatic carbocycles. The van der Waals surface area contributed by atoms with E-state index >= 15 is 0 Å². The third-order valence-corrected chi connectivity index (χ3v) is 3.48. The van der Waals surface area contributed by atoms with E-state index in [4.69, 9.17) is 9.84 Å². The number of carboxylic acids is 1. The van der Waals surface area contributed by atoms with Gasteiger partial charge in [0.15, 0.2) is 11.9 Å². The van der Waals surface area contributed by atoms with Crippen molar-refractivity contribution in [1.29, 1.82) is 0 Å². The van der Waals surface area contributed by atoms with Gasteiger partial charge >= 0.3 is 5.97 Å². The van der Waals surface area contributed by atoms with E-state index in [2.05, 4.69) is 0 Å². The summed E-state index contributed by atoms with van der Waals surface area (Å²) in [4.78, 5) is 35.9. The lowest BCUT2D eigenvalue weighted by Crippen LogP contribution is -2.44. The van der Waals surface area contributed by atoms with Gasteiger partial charge in [-0.2, -0.15) is 0 Å². The predicted octanol–water partition coefficient (Wildman–Crippen LogP) is 1.73. The van der Waals surface area contributed by atoms with Gasteiger partial charge in [-0.25, -0.2) is 0 Å². The number of amides is 1. The summed E-state index contributed by atoms with van der Waals surface area (Å²) in [5.74, 6) is -1.06. The molecule has 1 N–H and O–H groups in total. The molecule has 1 aromatic carbocycles. The first-order chi connectivity index (χ1) is 10.4. The maximum absolute atomic E-state index is 12.4. The minimum absolute atomic E-state index is 0.00166. The summed E-state index contributed by atoms with van der Waals surface area (Å²) >= 11 is 0. The van der Waals surface area contributed by atoms with Gasteiger partial charge in [0.2, 0.25) is 0 Å². The molecule has 0 bridgehead atoms. The predicted molar refractivity (Wildman–Crippen MR) is 78.9 cm³/mol. The molecule has 1 amide bonds. The molecule has 0 saturated heterocycles. The van der Waals surface area contributed by atoms with E-state index in [0.29, 0.717) is 11.3 Å². The fourth-order valence-electron chi connectivity index (χ4n) is 2.20. The highest BCUT2D eigenvalue weighted by molar-refractivity contribution is 5.94.